The molecule has 182 valence electrons. The molecule has 2 aromatic carbocycles. The molecule has 2 atom stereocenters. The molecule has 0 amide bonds. The zero-order valence-corrected chi connectivity index (χ0v) is 21.4. The number of carbonyl (C=O) groups is 2. The average Bonchev–Trinajstić information content (AvgIpc) is 3.02. The fraction of sp³-hybridized carbons (Fsp3) is 0.481. The van der Waals surface area contributed by atoms with Gasteiger partial charge < -0.3 is 4.74 Å². The Hall–Kier alpha value is -2.51. The topological polar surface area (TPSA) is 80.8 Å². The van der Waals surface area contributed by atoms with E-state index in [1.54, 1.807) is 16.4 Å². The molecule has 1 saturated carbocycles. The zero-order valence-electron chi connectivity index (χ0n) is 20.6. The van der Waals surface area contributed by atoms with E-state index in [0.29, 0.717) is 12.1 Å². The van der Waals surface area contributed by atoms with Crippen molar-refractivity contribution in [2.24, 2.45) is 10.8 Å². The molecule has 0 aromatic heterocycles. The molecule has 1 heterocycles. The Balaban J connectivity index is 1.50. The highest BCUT2D eigenvalue weighted by Gasteiger charge is 2.53. The van der Waals surface area contributed by atoms with Crippen LogP contribution >= 0.6 is 0 Å². The smallest absolute Gasteiger partial charge is 0.338 e. The van der Waals surface area contributed by atoms with E-state index in [0.717, 1.165) is 30.4 Å². The average molecular weight is 484 g/mol. The summed E-state index contributed by atoms with van der Waals surface area (Å²) >= 11 is 0. The highest BCUT2D eigenvalue weighted by Crippen LogP contribution is 2.53. The van der Waals surface area contributed by atoms with E-state index in [9.17, 15) is 18.0 Å². The molecule has 1 saturated heterocycles. The second kappa shape index (κ2) is 8.61. The molecule has 0 radical (unpaired) electrons. The summed E-state index contributed by atoms with van der Waals surface area (Å²) < 4.78 is 34.0. The molecule has 1 aliphatic heterocycles. The maximum absolute atomic E-state index is 13.5. The summed E-state index contributed by atoms with van der Waals surface area (Å²) in [6.07, 6.45) is 2.67. The van der Waals surface area contributed by atoms with Crippen LogP contribution in [0.1, 0.15) is 71.9 Å². The van der Waals surface area contributed by atoms with E-state index in [4.69, 9.17) is 4.74 Å². The Bertz CT molecular complexity index is 1250. The van der Waals surface area contributed by atoms with Crippen LogP contribution in [0.5, 0.6) is 0 Å². The van der Waals surface area contributed by atoms with Gasteiger partial charge in [0.05, 0.1) is 10.5 Å². The molecule has 2 bridgehead atoms. The van der Waals surface area contributed by atoms with Gasteiger partial charge >= 0.3 is 5.97 Å². The van der Waals surface area contributed by atoms with Crippen molar-refractivity contribution in [1.29, 1.82) is 0 Å². The van der Waals surface area contributed by atoms with Gasteiger partial charge in [0.2, 0.25) is 15.8 Å². The summed E-state index contributed by atoms with van der Waals surface area (Å²) in [5, 5.41) is 0. The van der Waals surface area contributed by atoms with E-state index in [2.05, 4.69) is 20.8 Å². The lowest BCUT2D eigenvalue weighted by Crippen LogP contribution is -2.37. The molecule has 0 N–H and O–H groups in total. The highest BCUT2D eigenvalue weighted by molar-refractivity contribution is 7.89. The van der Waals surface area contributed by atoms with Crippen LogP contribution < -0.4 is 0 Å². The molecule has 7 heteroatoms. The summed E-state index contributed by atoms with van der Waals surface area (Å²) in [6.45, 7) is 10.4. The lowest BCUT2D eigenvalue weighted by molar-refractivity contribution is 0.0474. The number of benzene rings is 2. The molecule has 1 aliphatic carbocycles. The van der Waals surface area contributed by atoms with Crippen LogP contribution in [0.4, 0.5) is 0 Å². The van der Waals surface area contributed by atoms with Crippen molar-refractivity contribution in [1.82, 2.24) is 4.31 Å². The van der Waals surface area contributed by atoms with E-state index >= 15 is 0 Å². The van der Waals surface area contributed by atoms with Crippen LogP contribution in [0.25, 0.3) is 0 Å². The number of Topliss-reactive ketones (excluding diaryl/α,β-unsaturated/α-hetero) is 1. The molecule has 2 unspecified atom stereocenters. The normalized spacial score (nSPS) is 24.1. The number of nitrogens with zero attached hydrogens (tertiary/aromatic N) is 1. The molecule has 2 aromatic rings. The molecule has 2 aliphatic rings. The number of rotatable bonds is 6. The zero-order chi connectivity index (χ0) is 24.9. The quantitative estimate of drug-likeness (QED) is 0.430. The van der Waals surface area contributed by atoms with Crippen molar-refractivity contribution in [2.75, 3.05) is 13.2 Å². The summed E-state index contributed by atoms with van der Waals surface area (Å²) in [5.41, 5.74) is 2.44. The van der Waals surface area contributed by atoms with E-state index in [-0.39, 0.29) is 33.1 Å². The minimum Gasteiger partial charge on any atom is -0.454 e. The standard InChI is InChI=1S/C27H33NO5S/c1-18-9-10-19(2)23(11-18)24(29)15-33-25(30)20-7-6-8-22(12-20)34(31,32)28-17-27(5)14-21(28)13-26(3,4)16-27/h6-12,21H,13-17H2,1-5H3. The third kappa shape index (κ3) is 4.82. The third-order valence-electron chi connectivity index (χ3n) is 7.07. The Labute approximate surface area is 202 Å². The van der Waals surface area contributed by atoms with Gasteiger partial charge in [0.15, 0.2) is 6.61 Å². The highest BCUT2D eigenvalue weighted by atomic mass is 32.2. The molecular weight excluding hydrogens is 450 g/mol. The first kappa shape index (κ1) is 24.6. The second-order valence-electron chi connectivity index (χ2n) is 11.1. The number of ketones is 1. The fourth-order valence-corrected chi connectivity index (χ4v) is 7.76. The number of ether oxygens (including phenoxy) is 1. The predicted molar refractivity (Wildman–Crippen MR) is 130 cm³/mol. The Morgan fingerprint density at radius 2 is 1.79 bits per heavy atom. The van der Waals surface area contributed by atoms with Gasteiger partial charge in [0, 0.05) is 18.2 Å². The van der Waals surface area contributed by atoms with Gasteiger partial charge in [-0.05, 0) is 73.8 Å². The Kier molecular flexibility index (Phi) is 6.23. The number of hydrogen-bond acceptors (Lipinski definition) is 5. The molecule has 0 spiro atoms. The summed E-state index contributed by atoms with van der Waals surface area (Å²) in [7, 11) is -3.76. The van der Waals surface area contributed by atoms with Crippen LogP contribution in [-0.2, 0) is 14.8 Å². The van der Waals surface area contributed by atoms with Crippen LogP contribution in [0.3, 0.4) is 0 Å². The maximum atomic E-state index is 13.5. The molecule has 6 nitrogen and oxygen atoms in total. The largest absolute Gasteiger partial charge is 0.454 e. The number of esters is 1. The van der Waals surface area contributed by atoms with Crippen LogP contribution in [0.15, 0.2) is 47.4 Å². The first-order valence-corrected chi connectivity index (χ1v) is 13.1. The predicted octanol–water partition coefficient (Wildman–Crippen LogP) is 4.93. The first-order valence-electron chi connectivity index (χ1n) is 11.7. The number of sulfonamides is 1. The number of hydrogen-bond donors (Lipinski definition) is 0. The van der Waals surface area contributed by atoms with Gasteiger partial charge in [-0.1, -0.05) is 44.5 Å². The molecule has 4 rings (SSSR count). The van der Waals surface area contributed by atoms with Crippen molar-refractivity contribution in [3.05, 3.63) is 64.7 Å². The minimum atomic E-state index is -3.76. The van der Waals surface area contributed by atoms with Gasteiger partial charge in [-0.2, -0.15) is 4.31 Å². The van der Waals surface area contributed by atoms with Gasteiger partial charge in [0.1, 0.15) is 0 Å². The molecular formula is C27H33NO5S. The van der Waals surface area contributed by atoms with Crippen molar-refractivity contribution in [2.45, 2.75) is 64.8 Å². The Morgan fingerprint density at radius 1 is 1.06 bits per heavy atom. The lowest BCUT2D eigenvalue weighted by atomic mass is 9.65. The van der Waals surface area contributed by atoms with Crippen molar-refractivity contribution < 1.29 is 22.7 Å². The van der Waals surface area contributed by atoms with Crippen LogP contribution in [0, 0.1) is 24.7 Å². The third-order valence-corrected chi connectivity index (χ3v) is 8.97. The molecule has 2 fully saturated rings. The fourth-order valence-electron chi connectivity index (χ4n) is 5.94. The van der Waals surface area contributed by atoms with E-state index in [1.165, 1.54) is 18.2 Å². The second-order valence-corrected chi connectivity index (χ2v) is 13.0. The Morgan fingerprint density at radius 3 is 2.53 bits per heavy atom. The summed E-state index contributed by atoms with van der Waals surface area (Å²) in [6, 6.07) is 11.4. The summed E-state index contributed by atoms with van der Waals surface area (Å²) in [5.74, 6) is -1.01. The minimum absolute atomic E-state index is 0.0374. The van der Waals surface area contributed by atoms with Gasteiger partial charge in [0.25, 0.3) is 0 Å². The lowest BCUT2D eigenvalue weighted by Gasteiger charge is -2.39. The van der Waals surface area contributed by atoms with Crippen molar-refractivity contribution in [3.63, 3.8) is 0 Å². The SMILES string of the molecule is Cc1ccc(C)c(C(=O)COC(=O)c2cccc(S(=O)(=O)N3CC4(C)CC3CC(C)(C)C4)c2)c1. The van der Waals surface area contributed by atoms with Crippen LogP contribution in [0.2, 0.25) is 0 Å². The monoisotopic (exact) mass is 483 g/mol. The number of aryl methyl sites for hydroxylation is 2. The van der Waals surface area contributed by atoms with Crippen molar-refractivity contribution >= 4 is 21.8 Å². The van der Waals surface area contributed by atoms with E-state index in [1.807, 2.05) is 26.0 Å². The van der Waals surface area contributed by atoms with E-state index < -0.39 is 22.6 Å². The number of carbonyl (C=O) groups excluding carboxylic acids is 2. The van der Waals surface area contributed by atoms with Crippen LogP contribution in [-0.4, -0.2) is 43.7 Å². The van der Waals surface area contributed by atoms with Crippen molar-refractivity contribution in [3.8, 4) is 0 Å². The van der Waals surface area contributed by atoms with Gasteiger partial charge in [-0.25, -0.2) is 13.2 Å². The van der Waals surface area contributed by atoms with Gasteiger partial charge in [-0.15, -0.1) is 0 Å². The number of fused-ring (bicyclic) bond motifs is 2. The molecule has 34 heavy (non-hydrogen) atoms. The van der Waals surface area contributed by atoms with Gasteiger partial charge in [-0.3, -0.25) is 4.79 Å². The maximum Gasteiger partial charge on any atom is 0.338 e. The summed E-state index contributed by atoms with van der Waals surface area (Å²) in [4.78, 5) is 25.3. The first-order chi connectivity index (χ1) is 15.8.